The molecule has 0 radical (unpaired) electrons. The van der Waals surface area contributed by atoms with Crippen LogP contribution in [0.3, 0.4) is 0 Å². The third-order valence-corrected chi connectivity index (χ3v) is 8.56. The van der Waals surface area contributed by atoms with Crippen LogP contribution in [0.25, 0.3) is 0 Å². The van der Waals surface area contributed by atoms with Crippen molar-refractivity contribution in [3.63, 3.8) is 0 Å². The van der Waals surface area contributed by atoms with Crippen molar-refractivity contribution in [2.24, 2.45) is 5.92 Å². The van der Waals surface area contributed by atoms with Crippen LogP contribution in [-0.4, -0.2) is 41.9 Å². The second-order valence-corrected chi connectivity index (χ2v) is 11.2. The van der Waals surface area contributed by atoms with Gasteiger partial charge in [0.15, 0.2) is 0 Å². The Morgan fingerprint density at radius 2 is 1.54 bits per heavy atom. The number of benzene rings is 3. The van der Waals surface area contributed by atoms with E-state index in [1.165, 1.54) is 49.8 Å². The molecule has 3 aromatic rings. The predicted octanol–water partition coefficient (Wildman–Crippen LogP) is 7.19. The molecule has 0 spiro atoms. The van der Waals surface area contributed by atoms with Crippen molar-refractivity contribution < 1.29 is 13.9 Å². The summed E-state index contributed by atoms with van der Waals surface area (Å²) in [6.07, 6.45) is 9.05. The average molecular weight is 529 g/mol. The molecule has 2 aliphatic rings. The lowest BCUT2D eigenvalue weighted by molar-refractivity contribution is -0.142. The fourth-order valence-electron chi connectivity index (χ4n) is 6.42. The van der Waals surface area contributed by atoms with Gasteiger partial charge < -0.3 is 9.64 Å². The molecule has 206 valence electrons. The average Bonchev–Trinajstić information content (AvgIpc) is 2.98. The highest BCUT2D eigenvalue weighted by Gasteiger charge is 2.37. The van der Waals surface area contributed by atoms with Crippen LogP contribution in [0, 0.1) is 11.7 Å². The first-order valence-corrected chi connectivity index (χ1v) is 14.6. The Kier molecular flexibility index (Phi) is 9.31. The van der Waals surface area contributed by atoms with Gasteiger partial charge in [0.1, 0.15) is 11.6 Å². The molecule has 5 heteroatoms. The fourth-order valence-corrected chi connectivity index (χ4v) is 6.42. The Hall–Kier alpha value is -3.18. The summed E-state index contributed by atoms with van der Waals surface area (Å²) in [7, 11) is 1.67. The zero-order chi connectivity index (χ0) is 27.0. The molecule has 4 nitrogen and oxygen atoms in total. The first kappa shape index (κ1) is 27.4. The predicted molar refractivity (Wildman–Crippen MR) is 154 cm³/mol. The molecule has 1 saturated heterocycles. The smallest absolute Gasteiger partial charge is 0.241 e. The molecule has 2 fully saturated rings. The van der Waals surface area contributed by atoms with Crippen molar-refractivity contribution in [2.75, 3.05) is 20.2 Å². The highest BCUT2D eigenvalue weighted by atomic mass is 19.1. The number of methoxy groups -OCH3 is 1. The normalized spacial score (nSPS) is 21.4. The SMILES string of the molecule is COc1ccc([C@H]2CCCN(CC3CCCCC3)[C@H](Cc3ccccc3)C(=O)N2Cc2ccc(F)cc2)cc1. The molecule has 0 bridgehead atoms. The number of hydrogen-bond donors (Lipinski definition) is 0. The number of hydrogen-bond acceptors (Lipinski definition) is 3. The molecular weight excluding hydrogens is 487 g/mol. The minimum absolute atomic E-state index is 0.0523. The van der Waals surface area contributed by atoms with E-state index in [-0.39, 0.29) is 23.8 Å². The molecular formula is C34H41FN2O2. The molecule has 1 aliphatic carbocycles. The maximum atomic E-state index is 14.7. The third kappa shape index (κ3) is 7.07. The van der Waals surface area contributed by atoms with E-state index in [1.54, 1.807) is 19.2 Å². The molecule has 0 aromatic heterocycles. The van der Waals surface area contributed by atoms with Crippen LogP contribution >= 0.6 is 0 Å². The second-order valence-electron chi connectivity index (χ2n) is 11.2. The lowest BCUT2D eigenvalue weighted by Gasteiger charge is -2.43. The Balaban J connectivity index is 1.50. The van der Waals surface area contributed by atoms with Crippen molar-refractivity contribution in [3.05, 3.63) is 101 Å². The molecule has 1 saturated carbocycles. The zero-order valence-corrected chi connectivity index (χ0v) is 23.1. The molecule has 2 atom stereocenters. The lowest BCUT2D eigenvalue weighted by Crippen LogP contribution is -2.53. The van der Waals surface area contributed by atoms with E-state index in [1.807, 2.05) is 18.2 Å². The zero-order valence-electron chi connectivity index (χ0n) is 23.1. The molecule has 39 heavy (non-hydrogen) atoms. The maximum absolute atomic E-state index is 14.7. The van der Waals surface area contributed by atoms with E-state index in [2.05, 4.69) is 46.2 Å². The number of halogens is 1. The van der Waals surface area contributed by atoms with Gasteiger partial charge in [0.05, 0.1) is 19.2 Å². The van der Waals surface area contributed by atoms with Crippen molar-refractivity contribution in [1.82, 2.24) is 9.80 Å². The summed E-state index contributed by atoms with van der Waals surface area (Å²) in [6, 6.07) is 24.9. The van der Waals surface area contributed by atoms with Gasteiger partial charge in [-0.25, -0.2) is 4.39 Å². The molecule has 5 rings (SSSR count). The van der Waals surface area contributed by atoms with E-state index < -0.39 is 0 Å². The number of nitrogens with zero attached hydrogens (tertiary/aromatic N) is 2. The van der Waals surface area contributed by atoms with Crippen molar-refractivity contribution >= 4 is 5.91 Å². The van der Waals surface area contributed by atoms with Crippen LogP contribution in [-0.2, 0) is 17.8 Å². The van der Waals surface area contributed by atoms with E-state index in [4.69, 9.17) is 4.74 Å². The molecule has 0 unspecified atom stereocenters. The highest BCUT2D eigenvalue weighted by Crippen LogP contribution is 2.34. The number of ether oxygens (including phenoxy) is 1. The van der Waals surface area contributed by atoms with E-state index in [0.717, 1.165) is 42.8 Å². The van der Waals surface area contributed by atoms with E-state index in [9.17, 15) is 9.18 Å². The van der Waals surface area contributed by atoms with Gasteiger partial charge in [-0.3, -0.25) is 9.69 Å². The second kappa shape index (κ2) is 13.3. The van der Waals surface area contributed by atoms with E-state index >= 15 is 0 Å². The van der Waals surface area contributed by atoms with Crippen LogP contribution in [0.1, 0.15) is 67.7 Å². The highest BCUT2D eigenvalue weighted by molar-refractivity contribution is 5.83. The standard InChI is InChI=1S/C34H41FN2O2/c1-39-31-20-16-29(17-21-31)32-13-8-22-36(24-27-11-6-3-7-12-27)33(23-26-9-4-2-5-10-26)34(38)37(32)25-28-14-18-30(35)19-15-28/h2,4-5,9-10,14-21,27,32-33H,3,6-8,11-13,22-25H2,1H3/t32-,33-/m1/s1. The minimum atomic E-state index is -0.259. The number of carbonyl (C=O) groups excluding carboxylic acids is 1. The Labute approximate surface area is 232 Å². The monoisotopic (exact) mass is 528 g/mol. The van der Waals surface area contributed by atoms with Gasteiger partial charge in [-0.2, -0.15) is 0 Å². The number of rotatable bonds is 8. The van der Waals surface area contributed by atoms with Crippen LogP contribution < -0.4 is 4.74 Å². The Bertz CT molecular complexity index is 1180. The summed E-state index contributed by atoms with van der Waals surface area (Å²) in [5.41, 5.74) is 3.25. The van der Waals surface area contributed by atoms with Gasteiger partial charge in [0.2, 0.25) is 5.91 Å². The summed E-state index contributed by atoms with van der Waals surface area (Å²) in [6.45, 7) is 2.37. The Morgan fingerprint density at radius 3 is 2.23 bits per heavy atom. The first-order valence-electron chi connectivity index (χ1n) is 14.6. The van der Waals surface area contributed by atoms with E-state index in [0.29, 0.717) is 18.9 Å². The van der Waals surface area contributed by atoms with Crippen molar-refractivity contribution in [1.29, 1.82) is 0 Å². The molecule has 1 amide bonds. The van der Waals surface area contributed by atoms with Gasteiger partial charge in [-0.1, -0.05) is 73.9 Å². The van der Waals surface area contributed by atoms with Crippen LogP contribution in [0.15, 0.2) is 78.9 Å². The third-order valence-electron chi connectivity index (χ3n) is 8.56. The molecule has 3 aromatic carbocycles. The van der Waals surface area contributed by atoms with Crippen molar-refractivity contribution in [3.8, 4) is 5.75 Å². The summed E-state index contributed by atoms with van der Waals surface area (Å²) >= 11 is 0. The van der Waals surface area contributed by atoms with Gasteiger partial charge in [-0.15, -0.1) is 0 Å². The molecule has 1 heterocycles. The maximum Gasteiger partial charge on any atom is 0.241 e. The topological polar surface area (TPSA) is 32.8 Å². The fraction of sp³-hybridized carbons (Fsp3) is 0.441. The summed E-state index contributed by atoms with van der Waals surface area (Å²) in [4.78, 5) is 19.3. The van der Waals surface area contributed by atoms with Gasteiger partial charge in [0.25, 0.3) is 0 Å². The van der Waals surface area contributed by atoms with Gasteiger partial charge in [-0.05, 0) is 85.5 Å². The quantitative estimate of drug-likeness (QED) is 0.310. The summed E-state index contributed by atoms with van der Waals surface area (Å²) in [5.74, 6) is 1.37. The first-order chi connectivity index (χ1) is 19.1. The largest absolute Gasteiger partial charge is 0.497 e. The van der Waals surface area contributed by atoms with Crippen LogP contribution in [0.5, 0.6) is 5.75 Å². The minimum Gasteiger partial charge on any atom is -0.497 e. The van der Waals surface area contributed by atoms with Gasteiger partial charge >= 0.3 is 0 Å². The van der Waals surface area contributed by atoms with Crippen LogP contribution in [0.4, 0.5) is 4.39 Å². The molecule has 1 aliphatic heterocycles. The summed E-state index contributed by atoms with van der Waals surface area (Å²) < 4.78 is 19.2. The van der Waals surface area contributed by atoms with Crippen molar-refractivity contribution in [2.45, 2.75) is 70.0 Å². The van der Waals surface area contributed by atoms with Crippen LogP contribution in [0.2, 0.25) is 0 Å². The number of carbonyl (C=O) groups is 1. The number of amides is 1. The molecule has 0 N–H and O–H groups in total. The Morgan fingerprint density at radius 1 is 0.821 bits per heavy atom. The summed E-state index contributed by atoms with van der Waals surface area (Å²) in [5, 5.41) is 0. The lowest BCUT2D eigenvalue weighted by atomic mass is 9.87. The van der Waals surface area contributed by atoms with Gasteiger partial charge in [0, 0.05) is 13.1 Å².